The van der Waals surface area contributed by atoms with Crippen molar-refractivity contribution in [2.24, 2.45) is 0 Å². The molecule has 94 valence electrons. The van der Waals surface area contributed by atoms with Gasteiger partial charge in [-0.3, -0.25) is 9.80 Å². The Morgan fingerprint density at radius 1 is 1.25 bits per heavy atom. The Hall–Kier alpha value is -0.650. The Morgan fingerprint density at radius 3 is 2.56 bits per heavy atom. The molecule has 1 amide bonds. The summed E-state index contributed by atoms with van der Waals surface area (Å²) in [5.41, 5.74) is 0. The lowest BCUT2D eigenvalue weighted by molar-refractivity contribution is -0.143. The molecular formula is C11H24N4O. The SMILES string of the molecule is CCN1CCNCCN(N(C)C(C)=O)CC1. The van der Waals surface area contributed by atoms with Crippen LogP contribution in [0.4, 0.5) is 0 Å². The molecule has 0 atom stereocenters. The Kier molecular flexibility index (Phi) is 5.73. The zero-order valence-electron chi connectivity index (χ0n) is 10.7. The molecule has 0 unspecified atom stereocenters. The van der Waals surface area contributed by atoms with Crippen LogP contribution in [0, 0.1) is 0 Å². The fourth-order valence-corrected chi connectivity index (χ4v) is 1.87. The molecule has 0 saturated carbocycles. The highest BCUT2D eigenvalue weighted by atomic mass is 16.2. The highest BCUT2D eigenvalue weighted by Gasteiger charge is 2.16. The van der Waals surface area contributed by atoms with Crippen LogP contribution in [-0.2, 0) is 4.79 Å². The molecule has 1 aliphatic heterocycles. The minimum Gasteiger partial charge on any atom is -0.314 e. The third kappa shape index (κ3) is 4.08. The van der Waals surface area contributed by atoms with Gasteiger partial charge < -0.3 is 10.2 Å². The minimum atomic E-state index is 0.0993. The molecule has 1 N–H and O–H groups in total. The van der Waals surface area contributed by atoms with Gasteiger partial charge in [0.15, 0.2) is 0 Å². The van der Waals surface area contributed by atoms with Crippen LogP contribution in [0.3, 0.4) is 0 Å². The lowest BCUT2D eigenvalue weighted by Gasteiger charge is -2.32. The fraction of sp³-hybridized carbons (Fsp3) is 0.909. The predicted molar refractivity (Wildman–Crippen MR) is 65.0 cm³/mol. The van der Waals surface area contributed by atoms with E-state index in [2.05, 4.69) is 22.1 Å². The summed E-state index contributed by atoms with van der Waals surface area (Å²) in [5.74, 6) is 0.0993. The minimum absolute atomic E-state index is 0.0993. The van der Waals surface area contributed by atoms with E-state index in [4.69, 9.17) is 0 Å². The first-order chi connectivity index (χ1) is 7.65. The van der Waals surface area contributed by atoms with Gasteiger partial charge >= 0.3 is 0 Å². The number of nitrogens with one attached hydrogen (secondary N) is 1. The third-order valence-corrected chi connectivity index (χ3v) is 3.15. The van der Waals surface area contributed by atoms with Crippen molar-refractivity contribution >= 4 is 5.91 Å². The molecule has 0 aromatic carbocycles. The van der Waals surface area contributed by atoms with Crippen LogP contribution in [-0.4, -0.2) is 73.7 Å². The van der Waals surface area contributed by atoms with Gasteiger partial charge in [0.25, 0.3) is 0 Å². The summed E-state index contributed by atoms with van der Waals surface area (Å²) >= 11 is 0. The average molecular weight is 228 g/mol. The molecular weight excluding hydrogens is 204 g/mol. The topological polar surface area (TPSA) is 38.8 Å². The smallest absolute Gasteiger partial charge is 0.233 e. The first-order valence-corrected chi connectivity index (χ1v) is 6.07. The maximum atomic E-state index is 11.3. The Bertz CT molecular complexity index is 222. The Balaban J connectivity index is 2.52. The monoisotopic (exact) mass is 228 g/mol. The van der Waals surface area contributed by atoms with E-state index in [0.29, 0.717) is 0 Å². The lowest BCUT2D eigenvalue weighted by atomic mass is 10.4. The summed E-state index contributed by atoms with van der Waals surface area (Å²) in [6, 6.07) is 0. The zero-order valence-corrected chi connectivity index (χ0v) is 10.7. The zero-order chi connectivity index (χ0) is 12.0. The Morgan fingerprint density at radius 2 is 1.94 bits per heavy atom. The van der Waals surface area contributed by atoms with Crippen LogP contribution in [0.25, 0.3) is 0 Å². The lowest BCUT2D eigenvalue weighted by Crippen LogP contribution is -2.47. The molecule has 0 bridgehead atoms. The van der Waals surface area contributed by atoms with Gasteiger partial charge in [0.1, 0.15) is 0 Å². The van der Waals surface area contributed by atoms with Gasteiger partial charge in [0.05, 0.1) is 0 Å². The van der Waals surface area contributed by atoms with Crippen molar-refractivity contribution in [3.63, 3.8) is 0 Å². The predicted octanol–water partition coefficient (Wildman–Crippen LogP) is -0.393. The number of hydrogen-bond donors (Lipinski definition) is 1. The van der Waals surface area contributed by atoms with E-state index in [1.807, 2.05) is 7.05 Å². The summed E-state index contributed by atoms with van der Waals surface area (Å²) in [4.78, 5) is 13.7. The summed E-state index contributed by atoms with van der Waals surface area (Å²) in [7, 11) is 1.84. The van der Waals surface area contributed by atoms with Gasteiger partial charge in [0.2, 0.25) is 5.91 Å². The third-order valence-electron chi connectivity index (χ3n) is 3.15. The number of hydrogen-bond acceptors (Lipinski definition) is 4. The van der Waals surface area contributed by atoms with E-state index in [1.54, 1.807) is 11.9 Å². The van der Waals surface area contributed by atoms with Crippen LogP contribution in [0.5, 0.6) is 0 Å². The van der Waals surface area contributed by atoms with Crippen molar-refractivity contribution in [3.8, 4) is 0 Å². The second kappa shape index (κ2) is 6.83. The second-order valence-corrected chi connectivity index (χ2v) is 4.18. The molecule has 16 heavy (non-hydrogen) atoms. The number of likely N-dealkylation sites (N-methyl/N-ethyl adjacent to an activating group) is 1. The molecule has 0 spiro atoms. The summed E-state index contributed by atoms with van der Waals surface area (Å²) in [5, 5.41) is 7.23. The van der Waals surface area contributed by atoms with Gasteiger partial charge in [-0.1, -0.05) is 6.92 Å². The molecule has 1 saturated heterocycles. The van der Waals surface area contributed by atoms with Gasteiger partial charge in [0, 0.05) is 53.2 Å². The van der Waals surface area contributed by atoms with Gasteiger partial charge in [-0.15, -0.1) is 0 Å². The molecule has 5 nitrogen and oxygen atoms in total. The molecule has 0 aromatic heterocycles. The highest BCUT2D eigenvalue weighted by molar-refractivity contribution is 5.72. The maximum absolute atomic E-state index is 11.3. The van der Waals surface area contributed by atoms with Crippen molar-refractivity contribution in [2.45, 2.75) is 13.8 Å². The Labute approximate surface area is 98.3 Å². The van der Waals surface area contributed by atoms with E-state index in [-0.39, 0.29) is 5.91 Å². The van der Waals surface area contributed by atoms with E-state index < -0.39 is 0 Å². The number of carbonyl (C=O) groups excluding carboxylic acids is 1. The van der Waals surface area contributed by atoms with Crippen LogP contribution in [0.2, 0.25) is 0 Å². The van der Waals surface area contributed by atoms with E-state index in [1.165, 1.54) is 0 Å². The molecule has 5 heteroatoms. The van der Waals surface area contributed by atoms with Crippen LogP contribution >= 0.6 is 0 Å². The van der Waals surface area contributed by atoms with Gasteiger partial charge in [-0.05, 0) is 6.54 Å². The van der Waals surface area contributed by atoms with E-state index in [0.717, 1.165) is 45.8 Å². The number of amides is 1. The highest BCUT2D eigenvalue weighted by Crippen LogP contribution is 1.98. The second-order valence-electron chi connectivity index (χ2n) is 4.18. The normalized spacial score (nSPS) is 20.9. The van der Waals surface area contributed by atoms with Crippen LogP contribution < -0.4 is 5.32 Å². The first-order valence-electron chi connectivity index (χ1n) is 6.07. The number of carbonyl (C=O) groups is 1. The van der Waals surface area contributed by atoms with E-state index in [9.17, 15) is 4.79 Å². The standard InChI is InChI=1S/C11H24N4O/c1-4-14-7-5-12-6-8-15(10-9-14)13(3)11(2)16/h12H,4-10H2,1-3H3. The van der Waals surface area contributed by atoms with Crippen LogP contribution in [0.1, 0.15) is 13.8 Å². The molecule has 1 rings (SSSR count). The quantitative estimate of drug-likeness (QED) is 0.698. The summed E-state index contributed by atoms with van der Waals surface area (Å²) < 4.78 is 0. The number of hydrazine groups is 1. The molecule has 0 aromatic rings. The molecule has 0 aliphatic carbocycles. The largest absolute Gasteiger partial charge is 0.314 e. The van der Waals surface area contributed by atoms with Crippen molar-refractivity contribution in [1.82, 2.24) is 20.2 Å². The molecule has 1 fully saturated rings. The van der Waals surface area contributed by atoms with Crippen molar-refractivity contribution in [3.05, 3.63) is 0 Å². The summed E-state index contributed by atoms with van der Waals surface area (Å²) in [6.07, 6.45) is 0. The van der Waals surface area contributed by atoms with Crippen molar-refractivity contribution in [2.75, 3.05) is 52.9 Å². The van der Waals surface area contributed by atoms with Crippen LogP contribution in [0.15, 0.2) is 0 Å². The average Bonchev–Trinajstić information content (AvgIpc) is 2.39. The van der Waals surface area contributed by atoms with Gasteiger partial charge in [-0.2, -0.15) is 0 Å². The fourth-order valence-electron chi connectivity index (χ4n) is 1.87. The maximum Gasteiger partial charge on any atom is 0.233 e. The first kappa shape index (κ1) is 13.4. The van der Waals surface area contributed by atoms with Crippen molar-refractivity contribution < 1.29 is 4.79 Å². The summed E-state index contributed by atoms with van der Waals surface area (Å²) in [6.45, 7) is 10.8. The van der Waals surface area contributed by atoms with Crippen molar-refractivity contribution in [1.29, 1.82) is 0 Å². The molecule has 0 radical (unpaired) electrons. The molecule has 1 heterocycles. The van der Waals surface area contributed by atoms with Gasteiger partial charge in [-0.25, -0.2) is 5.01 Å². The number of rotatable bonds is 2. The molecule has 1 aliphatic rings. The van der Waals surface area contributed by atoms with E-state index >= 15 is 0 Å². The number of nitrogens with zero attached hydrogens (tertiary/aromatic N) is 3.